The van der Waals surface area contributed by atoms with Gasteiger partial charge in [0.2, 0.25) is 0 Å². The van der Waals surface area contributed by atoms with E-state index in [0.717, 1.165) is 12.8 Å². The van der Waals surface area contributed by atoms with Crippen molar-refractivity contribution in [3.05, 3.63) is 31.2 Å². The SMILES string of the molecule is [Br-].[CH2-]C/C=C/C/C=C/C.[Mg+2]. The van der Waals surface area contributed by atoms with Crippen molar-refractivity contribution in [1.29, 1.82) is 0 Å². The van der Waals surface area contributed by atoms with Gasteiger partial charge in [-0.2, -0.15) is 6.42 Å². The predicted octanol–water partition coefficient (Wildman–Crippen LogP) is -0.644. The van der Waals surface area contributed by atoms with Crippen molar-refractivity contribution >= 4 is 23.1 Å². The summed E-state index contributed by atoms with van der Waals surface area (Å²) in [5.74, 6) is 0. The van der Waals surface area contributed by atoms with E-state index in [9.17, 15) is 0 Å². The van der Waals surface area contributed by atoms with E-state index in [4.69, 9.17) is 0 Å². The van der Waals surface area contributed by atoms with Gasteiger partial charge in [-0.25, -0.2) is 0 Å². The smallest absolute Gasteiger partial charge is 1.00 e. The fourth-order valence-corrected chi connectivity index (χ4v) is 0.429. The fourth-order valence-electron chi connectivity index (χ4n) is 0.429. The Kier molecular flexibility index (Phi) is 27.8. The summed E-state index contributed by atoms with van der Waals surface area (Å²) in [6.07, 6.45) is 10.3. The van der Waals surface area contributed by atoms with Crippen molar-refractivity contribution < 1.29 is 17.0 Å². The number of hydrogen-bond acceptors (Lipinski definition) is 0. The molecule has 0 heterocycles. The third-order valence-electron chi connectivity index (χ3n) is 0.841. The molecule has 0 nitrogen and oxygen atoms in total. The van der Waals surface area contributed by atoms with Crippen LogP contribution in [-0.2, 0) is 0 Å². The molecule has 0 rings (SSSR count). The maximum Gasteiger partial charge on any atom is 2.00 e. The molecule has 0 atom stereocenters. The van der Waals surface area contributed by atoms with Crippen LogP contribution in [0.25, 0.3) is 0 Å². The summed E-state index contributed by atoms with van der Waals surface area (Å²) in [5.41, 5.74) is 0. The largest absolute Gasteiger partial charge is 2.00 e. The molecule has 10 heavy (non-hydrogen) atoms. The van der Waals surface area contributed by atoms with Crippen molar-refractivity contribution in [2.24, 2.45) is 0 Å². The average Bonchev–Trinajstić information content (AvgIpc) is 1.81. The van der Waals surface area contributed by atoms with Crippen molar-refractivity contribution in [2.45, 2.75) is 19.8 Å². The normalized spacial score (nSPS) is 9.40. The van der Waals surface area contributed by atoms with Gasteiger partial charge in [0.15, 0.2) is 0 Å². The summed E-state index contributed by atoms with van der Waals surface area (Å²) in [7, 11) is 0. The van der Waals surface area contributed by atoms with Gasteiger partial charge in [-0.1, -0.05) is 18.2 Å². The fraction of sp³-hybridized carbons (Fsp3) is 0.375. The predicted molar refractivity (Wildman–Crippen MR) is 44.3 cm³/mol. The zero-order valence-electron chi connectivity index (χ0n) is 6.52. The van der Waals surface area contributed by atoms with Crippen LogP contribution >= 0.6 is 0 Å². The first kappa shape index (κ1) is 17.0. The van der Waals surface area contributed by atoms with Crippen LogP contribution in [-0.4, -0.2) is 23.1 Å². The topological polar surface area (TPSA) is 0 Å². The molecule has 0 saturated carbocycles. The molecule has 0 N–H and O–H groups in total. The van der Waals surface area contributed by atoms with Crippen LogP contribution in [0.5, 0.6) is 0 Å². The van der Waals surface area contributed by atoms with E-state index in [1.807, 2.05) is 13.0 Å². The zero-order chi connectivity index (χ0) is 6.24. The summed E-state index contributed by atoms with van der Waals surface area (Å²) in [4.78, 5) is 0. The van der Waals surface area contributed by atoms with E-state index in [2.05, 4.69) is 25.2 Å². The average molecular weight is 213 g/mol. The van der Waals surface area contributed by atoms with E-state index < -0.39 is 0 Å². The van der Waals surface area contributed by atoms with Gasteiger partial charge in [0.25, 0.3) is 0 Å². The summed E-state index contributed by atoms with van der Waals surface area (Å²) < 4.78 is 0. The quantitative estimate of drug-likeness (QED) is 0.332. The molecule has 0 aromatic rings. The number of rotatable bonds is 3. The first-order chi connectivity index (χ1) is 3.91. The molecule has 0 saturated heterocycles. The van der Waals surface area contributed by atoms with E-state index in [0.29, 0.717) is 0 Å². The van der Waals surface area contributed by atoms with Crippen LogP contribution in [0, 0.1) is 6.92 Å². The molecular weight excluding hydrogens is 200 g/mol. The first-order valence-corrected chi connectivity index (χ1v) is 2.97. The summed E-state index contributed by atoms with van der Waals surface area (Å²) in [6.45, 7) is 5.70. The van der Waals surface area contributed by atoms with Gasteiger partial charge in [-0.15, -0.1) is 6.08 Å². The minimum absolute atomic E-state index is 0. The van der Waals surface area contributed by atoms with Crippen LogP contribution < -0.4 is 17.0 Å². The monoisotopic (exact) mass is 212 g/mol. The van der Waals surface area contributed by atoms with Gasteiger partial charge in [-0.3, -0.25) is 0 Å². The van der Waals surface area contributed by atoms with Crippen molar-refractivity contribution in [3.8, 4) is 0 Å². The second-order valence-corrected chi connectivity index (χ2v) is 1.56. The maximum absolute atomic E-state index is 3.67. The molecule has 0 aliphatic rings. The van der Waals surface area contributed by atoms with Gasteiger partial charge < -0.3 is 23.9 Å². The summed E-state index contributed by atoms with van der Waals surface area (Å²) in [5, 5.41) is 0. The summed E-state index contributed by atoms with van der Waals surface area (Å²) >= 11 is 0. The van der Waals surface area contributed by atoms with Crippen LogP contribution in [0.3, 0.4) is 0 Å². The van der Waals surface area contributed by atoms with Crippen molar-refractivity contribution in [3.63, 3.8) is 0 Å². The molecule has 0 bridgehead atoms. The molecule has 2 heteroatoms. The van der Waals surface area contributed by atoms with Crippen molar-refractivity contribution in [2.75, 3.05) is 0 Å². The van der Waals surface area contributed by atoms with Crippen molar-refractivity contribution in [1.82, 2.24) is 0 Å². The Morgan fingerprint density at radius 3 is 2.20 bits per heavy atom. The maximum atomic E-state index is 3.67. The standard InChI is InChI=1S/C8H13.BrH.Mg/c1-3-5-7-8-6-4-2;;/h4-7H,1,3,8H2,2H3;1H;/q-1;;+2/p-1/b6-4+,7-5+;;. The molecule has 0 spiro atoms. The second kappa shape index (κ2) is 16.4. The Labute approximate surface area is 90.7 Å². The minimum atomic E-state index is 0. The van der Waals surface area contributed by atoms with Crippen LogP contribution in [0.2, 0.25) is 0 Å². The Morgan fingerprint density at radius 1 is 1.20 bits per heavy atom. The Balaban J connectivity index is -0.000000245. The van der Waals surface area contributed by atoms with Gasteiger partial charge in [-0.05, 0) is 13.3 Å². The molecule has 0 amide bonds. The first-order valence-electron chi connectivity index (χ1n) is 2.97. The molecule has 0 aliphatic carbocycles. The second-order valence-electron chi connectivity index (χ2n) is 1.56. The Hall–Kier alpha value is 0.726. The zero-order valence-corrected chi connectivity index (χ0v) is 9.52. The molecule has 0 unspecified atom stereocenters. The van der Waals surface area contributed by atoms with Crippen LogP contribution in [0.1, 0.15) is 19.8 Å². The number of halogens is 1. The van der Waals surface area contributed by atoms with Gasteiger partial charge >= 0.3 is 23.1 Å². The number of allylic oxidation sites excluding steroid dienone is 4. The van der Waals surface area contributed by atoms with Gasteiger partial charge in [0, 0.05) is 0 Å². The minimum Gasteiger partial charge on any atom is -1.00 e. The van der Waals surface area contributed by atoms with E-state index in [1.54, 1.807) is 0 Å². The molecule has 0 aliphatic heterocycles. The number of hydrogen-bond donors (Lipinski definition) is 0. The van der Waals surface area contributed by atoms with Crippen LogP contribution in [0.4, 0.5) is 0 Å². The molecular formula is C8H13BrMg. The van der Waals surface area contributed by atoms with E-state index in [-0.39, 0.29) is 40.0 Å². The third-order valence-corrected chi connectivity index (χ3v) is 0.841. The van der Waals surface area contributed by atoms with Gasteiger partial charge in [0.1, 0.15) is 0 Å². The van der Waals surface area contributed by atoms with E-state index in [1.165, 1.54) is 0 Å². The molecule has 0 aromatic carbocycles. The Morgan fingerprint density at radius 2 is 1.80 bits per heavy atom. The third kappa shape index (κ3) is 15.9. The molecule has 54 valence electrons. The van der Waals surface area contributed by atoms with E-state index >= 15 is 0 Å². The molecule has 0 radical (unpaired) electrons. The van der Waals surface area contributed by atoms with Crippen LogP contribution in [0.15, 0.2) is 24.3 Å². The molecule has 0 fully saturated rings. The molecule has 0 aromatic heterocycles. The summed E-state index contributed by atoms with van der Waals surface area (Å²) in [6, 6.07) is 0. The van der Waals surface area contributed by atoms with Gasteiger partial charge in [0.05, 0.1) is 0 Å². The Bertz CT molecular complexity index is 87.3.